The maximum atomic E-state index is 12.3. The van der Waals surface area contributed by atoms with Crippen molar-refractivity contribution >= 4 is 17.8 Å². The number of pyridine rings is 1. The highest BCUT2D eigenvalue weighted by Gasteiger charge is 2.24. The van der Waals surface area contributed by atoms with Crippen LogP contribution in [0.2, 0.25) is 0 Å². The fourth-order valence-electron chi connectivity index (χ4n) is 3.57. The molecule has 0 saturated heterocycles. The van der Waals surface area contributed by atoms with Crippen LogP contribution in [-0.4, -0.2) is 27.9 Å². The third-order valence-corrected chi connectivity index (χ3v) is 5.00. The molecule has 1 atom stereocenters. The van der Waals surface area contributed by atoms with Crippen LogP contribution in [0.3, 0.4) is 0 Å². The smallest absolute Gasteiger partial charge is 0.338 e. The molecule has 1 fully saturated rings. The number of amidine groups is 1. The molecule has 1 aliphatic carbocycles. The first-order chi connectivity index (χ1) is 13.0. The summed E-state index contributed by atoms with van der Waals surface area (Å²) in [5, 5.41) is 12.7. The molecule has 148 valence electrons. The summed E-state index contributed by atoms with van der Waals surface area (Å²) < 4.78 is 0. The molecular weight excluding hydrogens is 346 g/mol. The van der Waals surface area contributed by atoms with Gasteiger partial charge in [-0.1, -0.05) is 56.2 Å². The second kappa shape index (κ2) is 11.3. The van der Waals surface area contributed by atoms with Gasteiger partial charge >= 0.3 is 11.9 Å². The monoisotopic (exact) mass is 375 g/mol. The Kier molecular flexibility index (Phi) is 8.74. The molecule has 7 nitrogen and oxygen atoms in total. The lowest BCUT2D eigenvalue weighted by atomic mass is 9.84. The Morgan fingerprint density at radius 3 is 2.78 bits per heavy atom. The molecule has 27 heavy (non-hydrogen) atoms. The minimum atomic E-state index is -1.01. The van der Waals surface area contributed by atoms with Gasteiger partial charge in [0.05, 0.1) is 12.3 Å². The maximum Gasteiger partial charge on any atom is 0.338 e. The summed E-state index contributed by atoms with van der Waals surface area (Å²) in [5.74, 6) is -1.49. The van der Waals surface area contributed by atoms with Crippen molar-refractivity contribution in [2.24, 2.45) is 22.7 Å². The van der Waals surface area contributed by atoms with Crippen molar-refractivity contribution < 1.29 is 19.5 Å². The van der Waals surface area contributed by atoms with Gasteiger partial charge in [-0.3, -0.25) is 9.78 Å². The molecule has 0 spiro atoms. The molecule has 1 aliphatic rings. The first kappa shape index (κ1) is 20.9. The number of carboxylic acid groups (broad SMARTS) is 1. The van der Waals surface area contributed by atoms with Crippen LogP contribution in [-0.2, 0) is 20.8 Å². The van der Waals surface area contributed by atoms with Gasteiger partial charge in [-0.2, -0.15) is 0 Å². The lowest BCUT2D eigenvalue weighted by Gasteiger charge is -2.22. The predicted molar refractivity (Wildman–Crippen MR) is 102 cm³/mol. The topological polar surface area (TPSA) is 115 Å². The molecule has 0 amide bonds. The number of aromatic nitrogens is 1. The Bertz CT molecular complexity index is 627. The van der Waals surface area contributed by atoms with E-state index in [2.05, 4.69) is 10.1 Å². The van der Waals surface area contributed by atoms with Crippen molar-refractivity contribution in [2.45, 2.75) is 64.2 Å². The number of rotatable bonds is 10. The van der Waals surface area contributed by atoms with E-state index >= 15 is 0 Å². The van der Waals surface area contributed by atoms with Gasteiger partial charge in [0.25, 0.3) is 0 Å². The molecule has 3 N–H and O–H groups in total. The Balaban J connectivity index is 1.81. The average molecular weight is 375 g/mol. The molecule has 0 aliphatic heterocycles. The predicted octanol–water partition coefficient (Wildman–Crippen LogP) is 3.28. The molecule has 7 heteroatoms. The molecule has 0 aromatic carbocycles. The summed E-state index contributed by atoms with van der Waals surface area (Å²) in [4.78, 5) is 32.2. The molecule has 0 unspecified atom stereocenters. The number of carboxylic acids is 1. The van der Waals surface area contributed by atoms with Gasteiger partial charge in [-0.15, -0.1) is 0 Å². The van der Waals surface area contributed by atoms with Crippen molar-refractivity contribution in [3.63, 3.8) is 0 Å². The fraction of sp³-hybridized carbons (Fsp3) is 0.600. The Morgan fingerprint density at radius 2 is 2.11 bits per heavy atom. The average Bonchev–Trinajstić information content (AvgIpc) is 2.66. The molecule has 2 rings (SSSR count). The van der Waals surface area contributed by atoms with Gasteiger partial charge in [0.15, 0.2) is 0 Å². The summed E-state index contributed by atoms with van der Waals surface area (Å²) in [6.07, 6.45) is 12.1. The summed E-state index contributed by atoms with van der Waals surface area (Å²) in [7, 11) is 0. The lowest BCUT2D eigenvalue weighted by molar-refractivity contribution is -0.153. The van der Waals surface area contributed by atoms with Crippen molar-refractivity contribution in [3.8, 4) is 0 Å². The van der Waals surface area contributed by atoms with Crippen molar-refractivity contribution in [1.82, 2.24) is 4.98 Å². The molecule has 0 radical (unpaired) electrons. The SMILES string of the molecule is N/C(Cc1cccnc1)=N\OC(=O)[C@H](CCCC1CCCCC1)CC(=O)O. The molecule has 1 aromatic heterocycles. The van der Waals surface area contributed by atoms with Crippen LogP contribution in [0.4, 0.5) is 0 Å². The van der Waals surface area contributed by atoms with E-state index in [0.717, 1.165) is 18.4 Å². The quantitative estimate of drug-likeness (QED) is 0.281. The van der Waals surface area contributed by atoms with Gasteiger partial charge in [0.1, 0.15) is 5.84 Å². The fourth-order valence-corrected chi connectivity index (χ4v) is 3.57. The number of aliphatic carboxylic acids is 1. The maximum absolute atomic E-state index is 12.3. The van der Waals surface area contributed by atoms with Crippen LogP contribution in [0.25, 0.3) is 0 Å². The van der Waals surface area contributed by atoms with Crippen LogP contribution in [0.5, 0.6) is 0 Å². The molecule has 1 aromatic rings. The minimum absolute atomic E-state index is 0.146. The highest BCUT2D eigenvalue weighted by atomic mass is 16.7. The number of nitrogens with zero attached hydrogens (tertiary/aromatic N) is 2. The molecule has 1 heterocycles. The van der Waals surface area contributed by atoms with Crippen LogP contribution in [0.15, 0.2) is 29.7 Å². The number of carbonyl (C=O) groups is 2. The van der Waals surface area contributed by atoms with Gasteiger partial charge in [-0.25, -0.2) is 4.79 Å². The Morgan fingerprint density at radius 1 is 1.33 bits per heavy atom. The van der Waals surface area contributed by atoms with E-state index in [1.807, 2.05) is 6.07 Å². The Labute approximate surface area is 160 Å². The van der Waals surface area contributed by atoms with E-state index in [9.17, 15) is 9.59 Å². The largest absolute Gasteiger partial charge is 0.481 e. The van der Waals surface area contributed by atoms with E-state index in [0.29, 0.717) is 18.8 Å². The first-order valence-electron chi connectivity index (χ1n) is 9.68. The summed E-state index contributed by atoms with van der Waals surface area (Å²) in [6, 6.07) is 3.62. The second-order valence-corrected chi connectivity index (χ2v) is 7.26. The second-order valence-electron chi connectivity index (χ2n) is 7.26. The highest BCUT2D eigenvalue weighted by molar-refractivity contribution is 5.84. The van der Waals surface area contributed by atoms with Crippen LogP contribution in [0, 0.1) is 11.8 Å². The molecular formula is C20H29N3O4. The molecule has 0 bridgehead atoms. The van der Waals surface area contributed by atoms with Crippen LogP contribution in [0.1, 0.15) is 63.4 Å². The van der Waals surface area contributed by atoms with Gasteiger partial charge in [-0.05, 0) is 24.0 Å². The van der Waals surface area contributed by atoms with Gasteiger partial charge in [0, 0.05) is 18.8 Å². The summed E-state index contributed by atoms with van der Waals surface area (Å²) in [5.41, 5.74) is 6.63. The van der Waals surface area contributed by atoms with E-state index in [1.54, 1.807) is 18.5 Å². The van der Waals surface area contributed by atoms with Gasteiger partial charge in [0.2, 0.25) is 0 Å². The standard InChI is InChI=1S/C20H29N3O4/c21-18(12-16-9-5-11-22-14-16)23-27-20(26)17(13-19(24)25)10-4-8-15-6-2-1-3-7-15/h5,9,11,14-15,17H,1-4,6-8,10,12-13H2,(H2,21,23)(H,24,25)/t17-/m1/s1. The summed E-state index contributed by atoms with van der Waals surface area (Å²) >= 11 is 0. The molecule has 1 saturated carbocycles. The van der Waals surface area contributed by atoms with E-state index < -0.39 is 17.9 Å². The van der Waals surface area contributed by atoms with E-state index in [1.165, 1.54) is 32.1 Å². The zero-order chi connectivity index (χ0) is 19.5. The lowest BCUT2D eigenvalue weighted by Crippen LogP contribution is -2.22. The number of oxime groups is 1. The van der Waals surface area contributed by atoms with E-state index in [-0.39, 0.29) is 12.3 Å². The normalized spacial score (nSPS) is 16.7. The number of hydrogen-bond donors (Lipinski definition) is 2. The minimum Gasteiger partial charge on any atom is -0.481 e. The number of nitrogens with two attached hydrogens (primary N) is 1. The number of hydrogen-bond acceptors (Lipinski definition) is 5. The van der Waals surface area contributed by atoms with Crippen molar-refractivity contribution in [1.29, 1.82) is 0 Å². The number of carbonyl (C=O) groups excluding carboxylic acids is 1. The van der Waals surface area contributed by atoms with Gasteiger partial charge < -0.3 is 15.7 Å². The Hall–Kier alpha value is -2.44. The first-order valence-corrected chi connectivity index (χ1v) is 9.68. The van der Waals surface area contributed by atoms with E-state index in [4.69, 9.17) is 15.7 Å². The van der Waals surface area contributed by atoms with Crippen molar-refractivity contribution in [2.75, 3.05) is 0 Å². The summed E-state index contributed by atoms with van der Waals surface area (Å²) in [6.45, 7) is 0. The zero-order valence-electron chi connectivity index (χ0n) is 15.7. The third kappa shape index (κ3) is 8.19. The van der Waals surface area contributed by atoms with Crippen LogP contribution >= 0.6 is 0 Å². The van der Waals surface area contributed by atoms with Crippen LogP contribution < -0.4 is 5.73 Å². The zero-order valence-corrected chi connectivity index (χ0v) is 15.7. The highest BCUT2D eigenvalue weighted by Crippen LogP contribution is 2.29. The third-order valence-electron chi connectivity index (χ3n) is 5.00. The van der Waals surface area contributed by atoms with Crippen molar-refractivity contribution in [3.05, 3.63) is 30.1 Å².